The predicted octanol–water partition coefficient (Wildman–Crippen LogP) is -2.21. The first kappa shape index (κ1) is 25.6. The fourth-order valence-corrected chi connectivity index (χ4v) is 2.72. The fourth-order valence-electron chi connectivity index (χ4n) is 2.72. The van der Waals surface area contributed by atoms with Crippen molar-refractivity contribution >= 4 is 35.5 Å². The number of nitrogens with one attached hydrogen (secondary N) is 5. The Morgan fingerprint density at radius 2 is 1.61 bits per heavy atom. The van der Waals surface area contributed by atoms with Gasteiger partial charge in [0.05, 0.1) is 0 Å². The van der Waals surface area contributed by atoms with Crippen LogP contribution in [0, 0.1) is 5.92 Å². The summed E-state index contributed by atoms with van der Waals surface area (Å²) in [4.78, 5) is 65.8. The molecule has 0 saturated carbocycles. The molecule has 0 spiro atoms. The number of amides is 5. The van der Waals surface area contributed by atoms with E-state index < -0.39 is 35.8 Å². The standard InChI is InChI=1S/C15H23N3O5.C4H6N2O2/c1-9(2)13-15(23)17-10(14(22)18-13)5-3-4-8-16-11(19)6-7-12(20)21;7-3-4(8)6-2-1-5-3/h6-7,9-10,13H,3-5,8H2,1-2H3,(H,16,19)(H,17,23)(H,18,22)(H,20,21);1-2H2,(H,5,7)(H,6,8)/b7-6+;. The molecule has 2 aliphatic heterocycles. The molecule has 0 radical (unpaired) electrons. The Kier molecular flexibility index (Phi) is 10.7. The number of carbonyl (C=O) groups excluding carboxylic acids is 5. The lowest BCUT2D eigenvalue weighted by molar-refractivity contribution is -0.140. The van der Waals surface area contributed by atoms with Crippen LogP contribution in [0.1, 0.15) is 33.1 Å². The molecule has 0 aliphatic carbocycles. The minimum Gasteiger partial charge on any atom is -0.478 e. The Labute approximate surface area is 179 Å². The molecule has 2 fully saturated rings. The van der Waals surface area contributed by atoms with Gasteiger partial charge in [-0.3, -0.25) is 24.0 Å². The molecule has 172 valence electrons. The van der Waals surface area contributed by atoms with Crippen LogP contribution < -0.4 is 26.6 Å². The summed E-state index contributed by atoms with van der Waals surface area (Å²) in [5.41, 5.74) is 0. The highest BCUT2D eigenvalue weighted by molar-refractivity contribution is 6.35. The van der Waals surface area contributed by atoms with Crippen molar-refractivity contribution in [1.82, 2.24) is 26.6 Å². The molecule has 0 aromatic heterocycles. The van der Waals surface area contributed by atoms with Gasteiger partial charge in [-0.2, -0.15) is 0 Å². The highest BCUT2D eigenvalue weighted by atomic mass is 16.4. The van der Waals surface area contributed by atoms with Crippen molar-refractivity contribution in [1.29, 1.82) is 0 Å². The molecule has 0 bridgehead atoms. The number of hydrogen-bond donors (Lipinski definition) is 6. The molecule has 5 amide bonds. The summed E-state index contributed by atoms with van der Waals surface area (Å²) in [5, 5.41) is 21.1. The van der Waals surface area contributed by atoms with E-state index in [1.54, 1.807) is 0 Å². The first-order chi connectivity index (χ1) is 14.6. The third-order valence-corrected chi connectivity index (χ3v) is 4.38. The molecule has 6 N–H and O–H groups in total. The van der Waals surface area contributed by atoms with Crippen LogP contribution in [0.4, 0.5) is 0 Å². The van der Waals surface area contributed by atoms with Crippen LogP contribution in [0.3, 0.4) is 0 Å². The summed E-state index contributed by atoms with van der Waals surface area (Å²) in [6.45, 7) is 5.20. The number of hydrogen-bond acceptors (Lipinski definition) is 6. The Morgan fingerprint density at radius 3 is 2.13 bits per heavy atom. The number of aliphatic carboxylic acids is 1. The maximum absolute atomic E-state index is 11.9. The first-order valence-corrected chi connectivity index (χ1v) is 9.97. The van der Waals surface area contributed by atoms with E-state index in [0.717, 1.165) is 12.2 Å². The van der Waals surface area contributed by atoms with Gasteiger partial charge in [0.1, 0.15) is 12.1 Å². The highest BCUT2D eigenvalue weighted by Crippen LogP contribution is 2.10. The molecule has 2 aliphatic rings. The third-order valence-electron chi connectivity index (χ3n) is 4.38. The molecule has 12 nitrogen and oxygen atoms in total. The van der Waals surface area contributed by atoms with Crippen molar-refractivity contribution in [3.8, 4) is 0 Å². The van der Waals surface area contributed by atoms with E-state index in [0.29, 0.717) is 38.9 Å². The zero-order valence-corrected chi connectivity index (χ0v) is 17.5. The zero-order chi connectivity index (χ0) is 23.4. The van der Waals surface area contributed by atoms with Crippen molar-refractivity contribution in [2.75, 3.05) is 19.6 Å². The van der Waals surface area contributed by atoms with Crippen LogP contribution in [-0.2, 0) is 28.8 Å². The summed E-state index contributed by atoms with van der Waals surface area (Å²) >= 11 is 0. The molecular formula is C19H29N5O7. The normalized spacial score (nSPS) is 20.7. The second kappa shape index (κ2) is 13.0. The van der Waals surface area contributed by atoms with E-state index in [4.69, 9.17) is 5.11 Å². The molecule has 12 heteroatoms. The van der Waals surface area contributed by atoms with Crippen molar-refractivity contribution in [2.24, 2.45) is 5.92 Å². The fraction of sp³-hybridized carbons (Fsp3) is 0.579. The van der Waals surface area contributed by atoms with Crippen molar-refractivity contribution in [3.05, 3.63) is 12.2 Å². The maximum Gasteiger partial charge on any atom is 0.328 e. The number of carboxylic acids is 1. The van der Waals surface area contributed by atoms with Gasteiger partial charge in [0, 0.05) is 31.8 Å². The lowest BCUT2D eigenvalue weighted by Gasteiger charge is -2.31. The number of rotatable bonds is 8. The van der Waals surface area contributed by atoms with Crippen molar-refractivity contribution in [2.45, 2.75) is 45.2 Å². The molecule has 2 saturated heterocycles. The SMILES string of the molecule is CC(C)C1NC(=O)C(CCCCNC(=O)/C=C/C(=O)O)NC1=O.O=C1NCCNC1=O. The Bertz CT molecular complexity index is 719. The molecule has 2 atom stereocenters. The maximum atomic E-state index is 11.9. The monoisotopic (exact) mass is 439 g/mol. The molecule has 2 rings (SSSR count). The largest absolute Gasteiger partial charge is 0.478 e. The van der Waals surface area contributed by atoms with Crippen LogP contribution in [-0.4, -0.2) is 72.3 Å². The van der Waals surface area contributed by atoms with Crippen LogP contribution in [0.2, 0.25) is 0 Å². The summed E-state index contributed by atoms with van der Waals surface area (Å²) in [6, 6.07) is -1.03. The van der Waals surface area contributed by atoms with E-state index in [1.807, 2.05) is 13.8 Å². The van der Waals surface area contributed by atoms with Crippen LogP contribution in [0.25, 0.3) is 0 Å². The highest BCUT2D eigenvalue weighted by Gasteiger charge is 2.34. The van der Waals surface area contributed by atoms with Gasteiger partial charge in [-0.15, -0.1) is 0 Å². The average Bonchev–Trinajstić information content (AvgIpc) is 2.70. The van der Waals surface area contributed by atoms with Crippen LogP contribution >= 0.6 is 0 Å². The van der Waals surface area contributed by atoms with Gasteiger partial charge in [-0.1, -0.05) is 13.8 Å². The molecule has 0 aromatic rings. The van der Waals surface area contributed by atoms with E-state index in [1.165, 1.54) is 0 Å². The number of piperazine rings is 2. The first-order valence-electron chi connectivity index (χ1n) is 9.97. The van der Waals surface area contributed by atoms with E-state index in [-0.39, 0.29) is 17.7 Å². The van der Waals surface area contributed by atoms with E-state index in [9.17, 15) is 28.8 Å². The lowest BCUT2D eigenvalue weighted by Crippen LogP contribution is -2.63. The van der Waals surface area contributed by atoms with Gasteiger partial charge in [-0.25, -0.2) is 4.79 Å². The minimum atomic E-state index is -1.18. The summed E-state index contributed by atoms with van der Waals surface area (Å²) in [5.74, 6) is -3.04. The van der Waals surface area contributed by atoms with Gasteiger partial charge in [-0.05, 0) is 25.2 Å². The second-order valence-electron chi connectivity index (χ2n) is 7.26. The molecule has 31 heavy (non-hydrogen) atoms. The summed E-state index contributed by atoms with van der Waals surface area (Å²) in [7, 11) is 0. The van der Waals surface area contributed by atoms with E-state index in [2.05, 4.69) is 26.6 Å². The quantitative estimate of drug-likeness (QED) is 0.141. The average molecular weight is 439 g/mol. The number of carboxylic acid groups (broad SMARTS) is 1. The van der Waals surface area contributed by atoms with E-state index >= 15 is 0 Å². The number of unbranched alkanes of at least 4 members (excludes halogenated alkanes) is 1. The second-order valence-corrected chi connectivity index (χ2v) is 7.26. The van der Waals surface area contributed by atoms with Gasteiger partial charge >= 0.3 is 17.8 Å². The van der Waals surface area contributed by atoms with Gasteiger partial charge < -0.3 is 31.7 Å². The van der Waals surface area contributed by atoms with Crippen LogP contribution in [0.5, 0.6) is 0 Å². The number of carbonyl (C=O) groups is 6. The van der Waals surface area contributed by atoms with Gasteiger partial charge in [0.25, 0.3) is 0 Å². The Balaban J connectivity index is 0.000000500. The summed E-state index contributed by atoms with van der Waals surface area (Å²) in [6.07, 6.45) is 3.47. The zero-order valence-electron chi connectivity index (χ0n) is 17.5. The van der Waals surface area contributed by atoms with Crippen molar-refractivity contribution < 1.29 is 33.9 Å². The van der Waals surface area contributed by atoms with Gasteiger partial charge in [0.2, 0.25) is 17.7 Å². The lowest BCUT2D eigenvalue weighted by atomic mass is 9.98. The molecule has 2 heterocycles. The van der Waals surface area contributed by atoms with Crippen LogP contribution in [0.15, 0.2) is 12.2 Å². The third kappa shape index (κ3) is 9.74. The van der Waals surface area contributed by atoms with Crippen molar-refractivity contribution in [3.63, 3.8) is 0 Å². The smallest absolute Gasteiger partial charge is 0.328 e. The Hall–Kier alpha value is -3.44. The predicted molar refractivity (Wildman–Crippen MR) is 108 cm³/mol. The molecule has 0 aromatic carbocycles. The summed E-state index contributed by atoms with van der Waals surface area (Å²) < 4.78 is 0. The minimum absolute atomic E-state index is 0.0361. The Morgan fingerprint density at radius 1 is 1.00 bits per heavy atom. The topological polar surface area (TPSA) is 183 Å². The van der Waals surface area contributed by atoms with Gasteiger partial charge in [0.15, 0.2) is 0 Å². The molecule has 2 unspecified atom stereocenters. The molecular weight excluding hydrogens is 410 g/mol.